The molecule has 0 aromatic carbocycles. The van der Waals surface area contributed by atoms with Crippen LogP contribution in [0.5, 0.6) is 0 Å². The molecule has 2 aliphatic heterocycles. The number of carboxylic acid groups (broad SMARTS) is 1. The number of carbonyl (C=O) groups is 2. The van der Waals surface area contributed by atoms with Crippen molar-refractivity contribution in [2.45, 2.75) is 57.3 Å². The molecule has 3 atom stereocenters. The molecule has 1 N–H and O–H groups in total. The minimum atomic E-state index is -1.97. The highest BCUT2D eigenvalue weighted by molar-refractivity contribution is 8.22. The maximum absolute atomic E-state index is 12.5. The molecule has 2 heterocycles. The summed E-state index contributed by atoms with van der Waals surface area (Å²) in [4.78, 5) is 25.4. The van der Waals surface area contributed by atoms with E-state index in [0.29, 0.717) is 4.24 Å². The second-order valence-electron chi connectivity index (χ2n) is 7.47. The van der Waals surface area contributed by atoms with Crippen LogP contribution >= 0.6 is 23.5 Å². The first-order valence-electron chi connectivity index (χ1n) is 7.61. The zero-order valence-electron chi connectivity index (χ0n) is 14.7. The third-order valence-corrected chi connectivity index (χ3v) is 12.0. The molecule has 1 fully saturated rings. The third kappa shape index (κ3) is 3.10. The fourth-order valence-corrected chi connectivity index (χ4v) is 6.40. The molecule has 0 radical (unpaired) electrons. The van der Waals surface area contributed by atoms with E-state index >= 15 is 0 Å². The van der Waals surface area contributed by atoms with E-state index in [1.54, 1.807) is 0 Å². The summed E-state index contributed by atoms with van der Waals surface area (Å²) in [5.41, 5.74) is 0.133. The van der Waals surface area contributed by atoms with Gasteiger partial charge < -0.3 is 9.53 Å². The number of β-lactam (4-membered cyclic amide) rings is 1. The topological polar surface area (TPSA) is 66.8 Å². The van der Waals surface area contributed by atoms with Crippen molar-refractivity contribution in [3.63, 3.8) is 0 Å². The molecule has 1 amide bonds. The van der Waals surface area contributed by atoms with Crippen LogP contribution in [0.4, 0.5) is 0 Å². The standard InChI is InChI=1S/C15H25NO4S2Si/c1-8(20-23(6,7)15(2,3)4)9-11(17)16-10(13(18)19)14(21-5)22-12(9)16/h8-9,12H,1-7H3,(H,18,19)/t8-,9+,12+/m0/s1. The normalized spacial score (nSPS) is 26.2. The van der Waals surface area contributed by atoms with E-state index in [2.05, 4.69) is 33.9 Å². The Balaban J connectivity index is 2.15. The van der Waals surface area contributed by atoms with Gasteiger partial charge in [0, 0.05) is 0 Å². The SMILES string of the molecule is CSC1=C(C(=O)O)N2C(=O)[C@@H]([C@H](C)O[Si](C)(C)C(C)(C)C)[C@H]2S1. The van der Waals surface area contributed by atoms with Crippen LogP contribution in [0.15, 0.2) is 9.93 Å². The third-order valence-electron chi connectivity index (χ3n) is 4.93. The van der Waals surface area contributed by atoms with Crippen molar-refractivity contribution in [1.82, 2.24) is 4.90 Å². The Morgan fingerprint density at radius 3 is 2.43 bits per heavy atom. The lowest BCUT2D eigenvalue weighted by molar-refractivity contribution is -0.156. The summed E-state index contributed by atoms with van der Waals surface area (Å²) in [6.07, 6.45) is 1.64. The number of hydrogen-bond acceptors (Lipinski definition) is 5. The van der Waals surface area contributed by atoms with Crippen LogP contribution < -0.4 is 0 Å². The van der Waals surface area contributed by atoms with E-state index in [0.717, 1.165) is 0 Å². The molecule has 2 aliphatic rings. The zero-order valence-corrected chi connectivity index (χ0v) is 17.3. The summed E-state index contributed by atoms with van der Waals surface area (Å²) in [7, 11) is -1.97. The van der Waals surface area contributed by atoms with E-state index in [1.165, 1.54) is 28.4 Å². The number of carbonyl (C=O) groups excluding carboxylic acids is 1. The van der Waals surface area contributed by atoms with Gasteiger partial charge in [0.25, 0.3) is 0 Å². The minimum Gasteiger partial charge on any atom is -0.477 e. The smallest absolute Gasteiger partial charge is 0.354 e. The number of amides is 1. The fraction of sp³-hybridized carbons (Fsp3) is 0.733. The van der Waals surface area contributed by atoms with E-state index in [-0.39, 0.29) is 34.0 Å². The molecule has 0 saturated carbocycles. The molecule has 2 rings (SSSR count). The number of thioether (sulfide) groups is 2. The predicted octanol–water partition coefficient (Wildman–Crippen LogP) is 3.54. The van der Waals surface area contributed by atoms with E-state index < -0.39 is 14.3 Å². The summed E-state index contributed by atoms with van der Waals surface area (Å²) >= 11 is 2.86. The van der Waals surface area contributed by atoms with Crippen LogP contribution in [0.25, 0.3) is 0 Å². The molecule has 5 nitrogen and oxygen atoms in total. The van der Waals surface area contributed by atoms with Gasteiger partial charge in [-0.25, -0.2) is 4.79 Å². The van der Waals surface area contributed by atoms with E-state index in [4.69, 9.17) is 4.43 Å². The molecule has 0 unspecified atom stereocenters. The second-order valence-corrected chi connectivity index (χ2v) is 14.4. The van der Waals surface area contributed by atoms with Crippen molar-refractivity contribution < 1.29 is 19.1 Å². The highest BCUT2D eigenvalue weighted by atomic mass is 32.2. The maximum atomic E-state index is 12.5. The monoisotopic (exact) mass is 375 g/mol. The molecule has 0 aromatic rings. The lowest BCUT2D eigenvalue weighted by atomic mass is 9.92. The van der Waals surface area contributed by atoms with Gasteiger partial charge in [-0.2, -0.15) is 0 Å². The van der Waals surface area contributed by atoms with Crippen molar-refractivity contribution in [2.75, 3.05) is 6.26 Å². The largest absolute Gasteiger partial charge is 0.477 e. The second kappa shape index (κ2) is 6.13. The Morgan fingerprint density at radius 1 is 1.43 bits per heavy atom. The van der Waals surface area contributed by atoms with Crippen LogP contribution in [-0.2, 0) is 14.0 Å². The first-order valence-corrected chi connectivity index (χ1v) is 12.6. The molecular formula is C15H25NO4S2Si. The van der Waals surface area contributed by atoms with Crippen LogP contribution in [0, 0.1) is 5.92 Å². The average molecular weight is 376 g/mol. The fourth-order valence-electron chi connectivity index (χ4n) is 2.60. The van der Waals surface area contributed by atoms with Gasteiger partial charge in [0.1, 0.15) is 5.37 Å². The van der Waals surface area contributed by atoms with Gasteiger partial charge in [0.2, 0.25) is 5.91 Å². The average Bonchev–Trinajstić information content (AvgIpc) is 2.71. The van der Waals surface area contributed by atoms with Crippen molar-refractivity contribution in [2.24, 2.45) is 5.92 Å². The Labute approximate surface area is 147 Å². The maximum Gasteiger partial charge on any atom is 0.354 e. The Morgan fingerprint density at radius 2 is 2.00 bits per heavy atom. The van der Waals surface area contributed by atoms with Crippen LogP contribution in [0.3, 0.4) is 0 Å². The van der Waals surface area contributed by atoms with Gasteiger partial charge >= 0.3 is 5.97 Å². The number of rotatable bonds is 5. The molecule has 1 saturated heterocycles. The number of aliphatic carboxylic acids is 1. The first kappa shape index (κ1) is 18.9. The van der Waals surface area contributed by atoms with Gasteiger partial charge in [-0.05, 0) is 31.3 Å². The highest BCUT2D eigenvalue weighted by Gasteiger charge is 2.58. The highest BCUT2D eigenvalue weighted by Crippen LogP contribution is 2.54. The molecule has 0 aromatic heterocycles. The zero-order chi connectivity index (χ0) is 17.7. The number of nitrogens with zero attached hydrogens (tertiary/aromatic N) is 1. The Bertz CT molecular complexity index is 570. The van der Waals surface area contributed by atoms with Gasteiger partial charge in [-0.3, -0.25) is 9.69 Å². The summed E-state index contributed by atoms with van der Waals surface area (Å²) < 4.78 is 7.06. The predicted molar refractivity (Wildman–Crippen MR) is 97.6 cm³/mol. The minimum absolute atomic E-state index is 0.0749. The number of fused-ring (bicyclic) bond motifs is 1. The number of hydrogen-bond donors (Lipinski definition) is 1. The van der Waals surface area contributed by atoms with E-state index in [1.807, 2.05) is 13.2 Å². The van der Waals surface area contributed by atoms with Crippen molar-refractivity contribution in [1.29, 1.82) is 0 Å². The first-order chi connectivity index (χ1) is 10.4. The lowest BCUT2D eigenvalue weighted by Crippen LogP contribution is -2.62. The molecule has 130 valence electrons. The van der Waals surface area contributed by atoms with Crippen molar-refractivity contribution >= 4 is 43.7 Å². The lowest BCUT2D eigenvalue weighted by Gasteiger charge is -2.48. The molecule has 8 heteroatoms. The quantitative estimate of drug-likeness (QED) is 0.585. The number of carboxylic acids is 1. The van der Waals surface area contributed by atoms with Crippen molar-refractivity contribution in [3.8, 4) is 0 Å². The summed E-state index contributed by atoms with van der Waals surface area (Å²) in [5, 5.41) is 9.30. The van der Waals surface area contributed by atoms with Crippen LogP contribution in [-0.4, -0.2) is 47.9 Å². The Kier molecular flexibility index (Phi) is 5.03. The van der Waals surface area contributed by atoms with Crippen LogP contribution in [0.2, 0.25) is 18.1 Å². The van der Waals surface area contributed by atoms with Crippen molar-refractivity contribution in [3.05, 3.63) is 9.93 Å². The molecule has 0 aliphatic carbocycles. The van der Waals surface area contributed by atoms with Gasteiger partial charge in [0.05, 0.1) is 16.3 Å². The Hall–Kier alpha value is -0.443. The molecule has 0 spiro atoms. The van der Waals surface area contributed by atoms with Gasteiger partial charge in [0.15, 0.2) is 14.0 Å². The molecule has 0 bridgehead atoms. The summed E-state index contributed by atoms with van der Waals surface area (Å²) in [6, 6.07) is 0. The van der Waals surface area contributed by atoms with Gasteiger partial charge in [-0.15, -0.1) is 11.8 Å². The molecule has 23 heavy (non-hydrogen) atoms. The summed E-state index contributed by atoms with van der Waals surface area (Å²) in [5.74, 6) is -1.43. The van der Waals surface area contributed by atoms with E-state index in [9.17, 15) is 14.7 Å². The van der Waals surface area contributed by atoms with Crippen LogP contribution in [0.1, 0.15) is 27.7 Å². The van der Waals surface area contributed by atoms with Gasteiger partial charge in [-0.1, -0.05) is 32.5 Å². The summed E-state index contributed by atoms with van der Waals surface area (Å²) in [6.45, 7) is 12.8. The molecular weight excluding hydrogens is 350 g/mol.